The average Bonchev–Trinajstić information content (AvgIpc) is 2.95. The minimum absolute atomic E-state index is 0.116. The molecule has 1 aromatic carbocycles. The van der Waals surface area contributed by atoms with Crippen LogP contribution in [0.25, 0.3) is 0 Å². The number of amides is 1. The molecule has 174 valence electrons. The zero-order valence-electron chi connectivity index (χ0n) is 17.6. The molecule has 11 heteroatoms. The number of aryl methyl sites for hydroxylation is 1. The Labute approximate surface area is 179 Å². The monoisotopic (exact) mass is 460 g/mol. The fourth-order valence-corrected chi connectivity index (χ4v) is 4.24. The number of nitrogens with one attached hydrogen (secondary N) is 1. The zero-order valence-corrected chi connectivity index (χ0v) is 17.6. The molecule has 3 N–H and O–H groups in total. The number of primary amides is 1. The Kier molecular flexibility index (Phi) is 5.83. The van der Waals surface area contributed by atoms with Crippen molar-refractivity contribution in [3.05, 3.63) is 62.6 Å². The second-order valence-corrected chi connectivity index (χ2v) is 7.91. The van der Waals surface area contributed by atoms with Gasteiger partial charge in [-0.1, -0.05) is 13.0 Å². The summed E-state index contributed by atoms with van der Waals surface area (Å²) in [5, 5.41) is 0. The summed E-state index contributed by atoms with van der Waals surface area (Å²) < 4.78 is 80.9. The minimum atomic E-state index is -4.87. The fourth-order valence-electron chi connectivity index (χ4n) is 4.24. The lowest BCUT2D eigenvalue weighted by Crippen LogP contribution is -2.46. The van der Waals surface area contributed by atoms with Gasteiger partial charge in [-0.15, -0.1) is 0 Å². The molecule has 1 amide bonds. The zero-order chi connectivity index (χ0) is 24.2. The molecular weight excluding hydrogens is 439 g/mol. The number of hydrogen-bond donors (Lipinski definition) is 2. The third kappa shape index (κ3) is 3.54. The first-order valence-electron chi connectivity index (χ1n) is 9.54. The highest BCUT2D eigenvalue weighted by molar-refractivity contribution is 5.94. The van der Waals surface area contributed by atoms with Crippen LogP contribution in [-0.4, -0.2) is 29.8 Å². The molecule has 3 rings (SSSR count). The Bertz CT molecular complexity index is 1130. The van der Waals surface area contributed by atoms with Gasteiger partial charge in [-0.05, 0) is 19.9 Å². The van der Waals surface area contributed by atoms with E-state index in [2.05, 4.69) is 4.98 Å². The predicted octanol–water partition coefficient (Wildman–Crippen LogP) is 3.88. The summed E-state index contributed by atoms with van der Waals surface area (Å²) in [6.45, 7) is 3.51. The Morgan fingerprint density at radius 2 is 1.91 bits per heavy atom. The lowest BCUT2D eigenvalue weighted by Gasteiger charge is -2.32. The summed E-state index contributed by atoms with van der Waals surface area (Å²) in [6, 6.07) is 2.92. The van der Waals surface area contributed by atoms with Crippen LogP contribution in [0.5, 0.6) is 5.75 Å². The van der Waals surface area contributed by atoms with Crippen molar-refractivity contribution in [1.29, 1.82) is 0 Å². The van der Waals surface area contributed by atoms with Gasteiger partial charge in [0.15, 0.2) is 22.6 Å². The van der Waals surface area contributed by atoms with Gasteiger partial charge in [0.05, 0.1) is 12.8 Å². The van der Waals surface area contributed by atoms with E-state index in [1.54, 1.807) is 0 Å². The van der Waals surface area contributed by atoms with Crippen molar-refractivity contribution in [3.8, 4) is 5.75 Å². The van der Waals surface area contributed by atoms with Gasteiger partial charge in [-0.2, -0.15) is 17.6 Å². The van der Waals surface area contributed by atoms with Gasteiger partial charge in [0, 0.05) is 29.2 Å². The quantitative estimate of drug-likeness (QED) is 0.678. The molecule has 2 aromatic rings. The van der Waals surface area contributed by atoms with Gasteiger partial charge in [-0.3, -0.25) is 9.59 Å². The van der Waals surface area contributed by atoms with Gasteiger partial charge in [0.1, 0.15) is 11.7 Å². The molecule has 2 heterocycles. The second-order valence-electron chi connectivity index (χ2n) is 7.91. The highest BCUT2D eigenvalue weighted by Crippen LogP contribution is 2.59. The molecule has 32 heavy (non-hydrogen) atoms. The van der Waals surface area contributed by atoms with E-state index in [1.807, 2.05) is 0 Å². The second kappa shape index (κ2) is 7.88. The first-order valence-corrected chi connectivity index (χ1v) is 9.54. The number of methoxy groups -OCH3 is 1. The number of halogens is 5. The average molecular weight is 460 g/mol. The van der Waals surface area contributed by atoms with Gasteiger partial charge >= 0.3 is 6.18 Å². The predicted molar refractivity (Wildman–Crippen MR) is 103 cm³/mol. The third-order valence-electron chi connectivity index (χ3n) is 6.04. The van der Waals surface area contributed by atoms with E-state index in [4.69, 9.17) is 15.2 Å². The largest absolute Gasteiger partial charge is 0.493 e. The van der Waals surface area contributed by atoms with Crippen molar-refractivity contribution < 1.29 is 36.2 Å². The van der Waals surface area contributed by atoms with Crippen LogP contribution in [0.1, 0.15) is 53.2 Å². The molecule has 0 aliphatic carbocycles. The summed E-state index contributed by atoms with van der Waals surface area (Å²) in [5.74, 6) is -7.07. The Balaban J connectivity index is 2.36. The summed E-state index contributed by atoms with van der Waals surface area (Å²) in [4.78, 5) is 27.1. The molecule has 0 saturated carbocycles. The smallest absolute Gasteiger partial charge is 0.417 e. The molecule has 4 atom stereocenters. The van der Waals surface area contributed by atoms with Gasteiger partial charge < -0.3 is 20.2 Å². The Hall–Kier alpha value is -2.95. The standard InChI is InChI=1S/C21H21F5N2O4/c1-8-7-12(29)14(19(27)30)16(28-8)18-13(9(2)20(3,32-18)21(24,25)26)10-5-6-11(22)15(23)17(10)31-4/h5-7,9,13,18H,1-4H3,(H2,27,30)(H,28,29)/t9-,13-,18+,20+/m0/s1. The number of ether oxygens (including phenoxy) is 2. The summed E-state index contributed by atoms with van der Waals surface area (Å²) in [6.07, 6.45) is -6.45. The van der Waals surface area contributed by atoms with E-state index in [0.29, 0.717) is 0 Å². The molecule has 1 saturated heterocycles. The minimum Gasteiger partial charge on any atom is -0.493 e. The summed E-state index contributed by atoms with van der Waals surface area (Å²) in [5.41, 5.74) is 1.04. The molecule has 0 bridgehead atoms. The number of carbonyl (C=O) groups excluding carboxylic acids is 1. The van der Waals surface area contributed by atoms with Crippen LogP contribution >= 0.6 is 0 Å². The molecule has 6 nitrogen and oxygen atoms in total. The molecule has 0 radical (unpaired) electrons. The van der Waals surface area contributed by atoms with Crippen LogP contribution in [0.4, 0.5) is 22.0 Å². The maximum absolute atomic E-state index is 14.4. The maximum atomic E-state index is 14.4. The number of carbonyl (C=O) groups is 1. The van der Waals surface area contributed by atoms with Crippen LogP contribution in [0, 0.1) is 24.5 Å². The SMILES string of the molecule is COc1c([C@H]2[C@H](c3[nH]c(C)cc(=O)c3C(N)=O)O[C@@](C)(C(F)(F)F)[C@H]2C)ccc(F)c1F. The molecule has 0 spiro atoms. The number of nitrogens with two attached hydrogens (primary N) is 1. The number of pyridine rings is 1. The third-order valence-corrected chi connectivity index (χ3v) is 6.04. The van der Waals surface area contributed by atoms with Crippen molar-refractivity contribution in [2.24, 2.45) is 11.7 Å². The maximum Gasteiger partial charge on any atom is 0.417 e. The highest BCUT2D eigenvalue weighted by atomic mass is 19.4. The van der Waals surface area contributed by atoms with Crippen molar-refractivity contribution in [1.82, 2.24) is 4.98 Å². The molecule has 1 fully saturated rings. The van der Waals surface area contributed by atoms with Gasteiger partial charge in [0.25, 0.3) is 5.91 Å². The van der Waals surface area contributed by atoms with E-state index in [1.165, 1.54) is 13.8 Å². The lowest BCUT2D eigenvalue weighted by atomic mass is 9.76. The van der Waals surface area contributed by atoms with E-state index in [-0.39, 0.29) is 17.0 Å². The number of aromatic nitrogens is 1. The summed E-state index contributed by atoms with van der Waals surface area (Å²) in [7, 11) is 1.04. The van der Waals surface area contributed by atoms with E-state index in [0.717, 1.165) is 32.2 Å². The first-order chi connectivity index (χ1) is 14.7. The van der Waals surface area contributed by atoms with Crippen LogP contribution in [0.3, 0.4) is 0 Å². The Morgan fingerprint density at radius 3 is 2.44 bits per heavy atom. The number of aromatic amines is 1. The number of hydrogen-bond acceptors (Lipinski definition) is 4. The number of benzene rings is 1. The molecule has 0 unspecified atom stereocenters. The van der Waals surface area contributed by atoms with Crippen LogP contribution in [0.15, 0.2) is 23.0 Å². The van der Waals surface area contributed by atoms with Crippen molar-refractivity contribution in [2.45, 2.75) is 44.6 Å². The number of H-pyrrole nitrogens is 1. The topological polar surface area (TPSA) is 94.4 Å². The van der Waals surface area contributed by atoms with Crippen molar-refractivity contribution in [2.75, 3.05) is 7.11 Å². The van der Waals surface area contributed by atoms with E-state index >= 15 is 0 Å². The Morgan fingerprint density at radius 1 is 1.28 bits per heavy atom. The van der Waals surface area contributed by atoms with Crippen LogP contribution in [0.2, 0.25) is 0 Å². The number of alkyl halides is 3. The highest BCUT2D eigenvalue weighted by Gasteiger charge is 2.65. The summed E-state index contributed by atoms with van der Waals surface area (Å²) >= 11 is 0. The van der Waals surface area contributed by atoms with Crippen LogP contribution < -0.4 is 15.9 Å². The first kappa shape index (κ1) is 23.7. The van der Waals surface area contributed by atoms with Crippen LogP contribution in [-0.2, 0) is 4.74 Å². The van der Waals surface area contributed by atoms with Gasteiger partial charge in [-0.25, -0.2) is 4.39 Å². The van der Waals surface area contributed by atoms with E-state index < -0.39 is 64.0 Å². The fraction of sp³-hybridized carbons (Fsp3) is 0.429. The number of rotatable bonds is 4. The molecule has 1 aliphatic rings. The van der Waals surface area contributed by atoms with Gasteiger partial charge in [0.2, 0.25) is 5.82 Å². The molecular formula is C21H21F5N2O4. The molecule has 1 aliphatic heterocycles. The van der Waals surface area contributed by atoms with Crippen molar-refractivity contribution in [3.63, 3.8) is 0 Å². The van der Waals surface area contributed by atoms with Crippen molar-refractivity contribution >= 4 is 5.91 Å². The molecule has 1 aromatic heterocycles. The van der Waals surface area contributed by atoms with E-state index in [9.17, 15) is 31.5 Å². The lowest BCUT2D eigenvalue weighted by molar-refractivity contribution is -0.275. The normalized spacial score (nSPS) is 25.7.